The molecule has 10 heteroatoms. The van der Waals surface area contributed by atoms with E-state index in [0.717, 1.165) is 11.1 Å². The lowest BCUT2D eigenvalue weighted by molar-refractivity contribution is -0.196. The highest BCUT2D eigenvalue weighted by molar-refractivity contribution is 6.32. The highest BCUT2D eigenvalue weighted by Crippen LogP contribution is 2.55. The molecule has 3 aromatic carbocycles. The van der Waals surface area contributed by atoms with Gasteiger partial charge < -0.3 is 21.1 Å². The number of primary amides is 1. The van der Waals surface area contributed by atoms with Gasteiger partial charge in [-0.05, 0) is 61.0 Å². The molecule has 10 nitrogen and oxygen atoms in total. The van der Waals surface area contributed by atoms with Crippen LogP contribution in [0.4, 0.5) is 0 Å². The van der Waals surface area contributed by atoms with Gasteiger partial charge in [-0.1, -0.05) is 79.7 Å². The number of rotatable bonds is 7. The monoisotopic (exact) mass is 638 g/mol. The topological polar surface area (TPSA) is 175 Å². The molecule has 0 aliphatic heterocycles. The molecular formula is C37H38N2O8. The van der Waals surface area contributed by atoms with E-state index in [0.29, 0.717) is 24.0 Å². The van der Waals surface area contributed by atoms with Gasteiger partial charge in [0, 0.05) is 5.92 Å². The fourth-order valence-corrected chi connectivity index (χ4v) is 8.42. The molecule has 3 aromatic rings. The molecule has 3 aliphatic rings. The van der Waals surface area contributed by atoms with Gasteiger partial charge in [0.2, 0.25) is 5.91 Å². The lowest BCUT2D eigenvalue weighted by atomic mass is 9.49. The van der Waals surface area contributed by atoms with Crippen molar-refractivity contribution in [3.8, 4) is 5.75 Å². The minimum Gasteiger partial charge on any atom is -0.507 e. The zero-order valence-corrected chi connectivity index (χ0v) is 26.4. The van der Waals surface area contributed by atoms with Crippen LogP contribution in [0.3, 0.4) is 0 Å². The number of nitrogens with zero attached hydrogens (tertiary/aromatic N) is 1. The zero-order chi connectivity index (χ0) is 33.9. The Balaban J connectivity index is 1.47. The first kappa shape index (κ1) is 32.4. The number of aliphatic hydroxyl groups is 2. The number of aromatic hydroxyl groups is 1. The predicted molar refractivity (Wildman–Crippen MR) is 170 cm³/mol. The third kappa shape index (κ3) is 4.94. The number of ketones is 4. The molecule has 0 aromatic heterocycles. The largest absolute Gasteiger partial charge is 0.507 e. The summed E-state index contributed by atoms with van der Waals surface area (Å²) in [5.74, 6) is -13.6. The smallest absolute Gasteiger partial charge is 0.235 e. The minimum atomic E-state index is -3.04. The Morgan fingerprint density at radius 2 is 1.45 bits per heavy atom. The van der Waals surface area contributed by atoms with Gasteiger partial charge in [0.05, 0.1) is 29.5 Å². The molecule has 3 aliphatic carbocycles. The van der Waals surface area contributed by atoms with Gasteiger partial charge in [0.1, 0.15) is 5.75 Å². The number of hydrogen-bond donors (Lipinski definition) is 4. The summed E-state index contributed by atoms with van der Waals surface area (Å²) in [6.07, 6.45) is -0.588. The maximum absolute atomic E-state index is 14.4. The Hall–Kier alpha value is -4.51. The first-order valence-corrected chi connectivity index (χ1v) is 15.8. The number of nitrogens with two attached hydrogens (primary N) is 1. The molecule has 47 heavy (non-hydrogen) atoms. The summed E-state index contributed by atoms with van der Waals surface area (Å²) in [5, 5.41) is 35.6. The summed E-state index contributed by atoms with van der Waals surface area (Å²) >= 11 is 0. The third-order valence-corrected chi connectivity index (χ3v) is 10.6. The Bertz CT molecular complexity index is 1730. The van der Waals surface area contributed by atoms with Crippen LogP contribution in [0.25, 0.3) is 0 Å². The fraction of sp³-hybridized carbons (Fsp3) is 0.378. The van der Waals surface area contributed by atoms with Crippen LogP contribution in [0.15, 0.2) is 72.8 Å². The standard InChI is InChI=1S/C37H38N2O8/c1-18-22-14-15-23(21(16-19-10-6-4-7-11-19)17-20-12-8-5-9-13-20)30(40)25(22)31(41)26-24(18)32(42)28-29(39(2)3)33(43)27(36(38)46)35(45)37(28,47)34(26)44/h4-15,18,21,24,26-29,32,40,42,47H,16-17H2,1-3H3,(H2,38,46)/t18-,24+,26?,27?,28+,29-,32-,37-/m1/s1. The number of fused-ring (bicyclic) bond motifs is 3. The van der Waals surface area contributed by atoms with E-state index in [9.17, 15) is 39.3 Å². The molecule has 5 N–H and O–H groups in total. The van der Waals surface area contributed by atoms with Gasteiger partial charge >= 0.3 is 0 Å². The van der Waals surface area contributed by atoms with Crippen molar-refractivity contribution in [2.24, 2.45) is 29.4 Å². The van der Waals surface area contributed by atoms with Gasteiger partial charge in [0.25, 0.3) is 0 Å². The number of carbonyl (C=O) groups excluding carboxylic acids is 5. The van der Waals surface area contributed by atoms with Crippen LogP contribution >= 0.6 is 0 Å². The summed E-state index contributed by atoms with van der Waals surface area (Å²) in [5.41, 5.74) is 5.23. The Kier molecular flexibility index (Phi) is 8.24. The second-order valence-electron chi connectivity index (χ2n) is 13.4. The molecule has 0 bridgehead atoms. The molecular weight excluding hydrogens is 600 g/mol. The SMILES string of the molecule is C[C@@H]1c2ccc(C(Cc3ccccc3)Cc3ccccc3)c(O)c2C(=O)C2C(=O)[C@@]3(O)C(=O)C(C(N)=O)C(=O)[C@H](N(C)C)[C@H]3[C@H](O)[C@H]21. The summed E-state index contributed by atoms with van der Waals surface area (Å²) < 4.78 is 0. The van der Waals surface area contributed by atoms with Crippen LogP contribution in [0.2, 0.25) is 0 Å². The Morgan fingerprint density at radius 3 is 1.96 bits per heavy atom. The van der Waals surface area contributed by atoms with Gasteiger partial charge in [0.15, 0.2) is 34.7 Å². The van der Waals surface area contributed by atoms with Crippen molar-refractivity contribution in [3.05, 3.63) is 101 Å². The number of benzene rings is 3. The second kappa shape index (κ2) is 11.9. The van der Waals surface area contributed by atoms with E-state index in [1.165, 1.54) is 19.0 Å². The molecule has 0 heterocycles. The van der Waals surface area contributed by atoms with E-state index in [1.807, 2.05) is 60.7 Å². The highest BCUT2D eigenvalue weighted by atomic mass is 16.3. The maximum atomic E-state index is 14.4. The van der Waals surface area contributed by atoms with E-state index in [2.05, 4.69) is 0 Å². The molecule has 0 spiro atoms. The highest BCUT2D eigenvalue weighted by Gasteiger charge is 2.72. The van der Waals surface area contributed by atoms with Crippen molar-refractivity contribution in [3.63, 3.8) is 0 Å². The van der Waals surface area contributed by atoms with Gasteiger partial charge in [-0.2, -0.15) is 0 Å². The van der Waals surface area contributed by atoms with E-state index in [1.54, 1.807) is 19.1 Å². The number of carbonyl (C=O) groups is 5. The molecule has 2 fully saturated rings. The molecule has 2 saturated carbocycles. The normalized spacial score (nSPS) is 30.2. The minimum absolute atomic E-state index is 0.0973. The van der Waals surface area contributed by atoms with Crippen LogP contribution in [0, 0.1) is 23.7 Å². The van der Waals surface area contributed by atoms with Crippen LogP contribution < -0.4 is 5.73 Å². The average molecular weight is 639 g/mol. The van der Waals surface area contributed by atoms with E-state index < -0.39 is 76.4 Å². The Labute approximate surface area is 272 Å². The number of likely N-dealkylation sites (N-methyl/N-ethyl adjacent to an activating group) is 1. The summed E-state index contributed by atoms with van der Waals surface area (Å²) in [6, 6.07) is 21.6. The van der Waals surface area contributed by atoms with Crippen molar-refractivity contribution < 1.29 is 39.3 Å². The number of Topliss-reactive ketones (excluding diaryl/α,β-unsaturated/α-hetero) is 4. The number of phenols is 1. The molecule has 2 unspecified atom stereocenters. The van der Waals surface area contributed by atoms with Crippen molar-refractivity contribution in [2.45, 2.75) is 49.3 Å². The average Bonchev–Trinajstić information content (AvgIpc) is 3.03. The maximum Gasteiger partial charge on any atom is 0.235 e. The zero-order valence-electron chi connectivity index (χ0n) is 26.4. The first-order valence-electron chi connectivity index (χ1n) is 15.8. The fourth-order valence-electron chi connectivity index (χ4n) is 8.42. The second-order valence-corrected chi connectivity index (χ2v) is 13.4. The van der Waals surface area contributed by atoms with Crippen LogP contribution in [0.5, 0.6) is 5.75 Å². The quantitative estimate of drug-likeness (QED) is 0.282. The van der Waals surface area contributed by atoms with E-state index in [4.69, 9.17) is 5.73 Å². The summed E-state index contributed by atoms with van der Waals surface area (Å²) in [7, 11) is 2.93. The molecule has 6 rings (SSSR count). The van der Waals surface area contributed by atoms with Gasteiger partial charge in [-0.3, -0.25) is 28.9 Å². The summed E-state index contributed by atoms with van der Waals surface area (Å²) in [4.78, 5) is 69.4. The molecule has 8 atom stereocenters. The number of amides is 1. The number of aliphatic hydroxyl groups excluding tert-OH is 1. The number of hydrogen-bond acceptors (Lipinski definition) is 9. The van der Waals surface area contributed by atoms with E-state index >= 15 is 0 Å². The molecule has 1 amide bonds. The van der Waals surface area contributed by atoms with Crippen LogP contribution in [-0.4, -0.2) is 81.1 Å². The molecule has 0 saturated heterocycles. The molecule has 244 valence electrons. The van der Waals surface area contributed by atoms with Crippen LogP contribution in [0.1, 0.15) is 51.4 Å². The third-order valence-electron chi connectivity index (χ3n) is 10.6. The lowest BCUT2D eigenvalue weighted by Crippen LogP contribution is -2.77. The number of phenolic OH excluding ortho intramolecular Hbond substituents is 1. The summed E-state index contributed by atoms with van der Waals surface area (Å²) in [6.45, 7) is 1.71. The Morgan fingerprint density at radius 1 is 0.894 bits per heavy atom. The van der Waals surface area contributed by atoms with Crippen molar-refractivity contribution >= 4 is 29.0 Å². The van der Waals surface area contributed by atoms with Crippen molar-refractivity contribution in [1.82, 2.24) is 4.90 Å². The van der Waals surface area contributed by atoms with Gasteiger partial charge in [-0.15, -0.1) is 0 Å². The lowest BCUT2D eigenvalue weighted by Gasteiger charge is -2.56. The predicted octanol–water partition coefficient (Wildman–Crippen LogP) is 1.97. The van der Waals surface area contributed by atoms with Crippen molar-refractivity contribution in [2.75, 3.05) is 14.1 Å². The van der Waals surface area contributed by atoms with Gasteiger partial charge in [-0.25, -0.2) is 0 Å². The molecule has 0 radical (unpaired) electrons. The van der Waals surface area contributed by atoms with Crippen molar-refractivity contribution in [1.29, 1.82) is 0 Å². The van der Waals surface area contributed by atoms with E-state index in [-0.39, 0.29) is 17.2 Å². The van der Waals surface area contributed by atoms with Crippen LogP contribution in [-0.2, 0) is 32.0 Å². The first-order chi connectivity index (χ1) is 22.3.